The second-order valence-corrected chi connectivity index (χ2v) is 8.52. The summed E-state index contributed by atoms with van der Waals surface area (Å²) < 4.78 is 17.1. The van der Waals surface area contributed by atoms with E-state index < -0.39 is 0 Å². The van der Waals surface area contributed by atoms with Crippen LogP contribution in [0.15, 0.2) is 0 Å². The van der Waals surface area contributed by atoms with Crippen LogP contribution < -0.4 is 0 Å². The quantitative estimate of drug-likeness (QED) is 0.853. The molecule has 8 unspecified atom stereocenters. The lowest BCUT2D eigenvalue weighted by atomic mass is 9.66. The Hall–Kier alpha value is -0.200. The van der Waals surface area contributed by atoms with Gasteiger partial charge in [0.25, 0.3) is 0 Å². The van der Waals surface area contributed by atoms with Crippen molar-refractivity contribution in [3.05, 3.63) is 0 Å². The van der Waals surface area contributed by atoms with Crippen molar-refractivity contribution in [1.82, 2.24) is 4.90 Å². The third-order valence-electron chi connectivity index (χ3n) is 7.28. The molecule has 0 aromatic heterocycles. The number of hydrogen-bond donors (Lipinski definition) is 1. The highest BCUT2D eigenvalue weighted by Crippen LogP contribution is 2.45. The highest BCUT2D eigenvalue weighted by molar-refractivity contribution is 4.98. The summed E-state index contributed by atoms with van der Waals surface area (Å²) in [4.78, 5) is 2.59. The van der Waals surface area contributed by atoms with E-state index in [0.717, 1.165) is 37.5 Å². The van der Waals surface area contributed by atoms with Crippen LogP contribution >= 0.6 is 0 Å². The molecule has 2 aliphatic carbocycles. The maximum absolute atomic E-state index is 10.1. The molecule has 8 atom stereocenters. The van der Waals surface area contributed by atoms with Crippen molar-refractivity contribution in [3.63, 3.8) is 0 Å². The van der Waals surface area contributed by atoms with Crippen molar-refractivity contribution in [2.45, 2.75) is 75.4 Å². The Labute approximate surface area is 145 Å². The molecule has 1 N–H and O–H groups in total. The summed E-state index contributed by atoms with van der Waals surface area (Å²) in [7, 11) is 4.03. The number of rotatable bonds is 3. The Kier molecular flexibility index (Phi) is 5.17. The lowest BCUT2D eigenvalue weighted by molar-refractivity contribution is -0.0658. The predicted octanol–water partition coefficient (Wildman–Crippen LogP) is 2.02. The SMILES string of the molecule is COC1CC(CC2C3CC4OCOC4CC3CCN2C)CCC1O. The summed E-state index contributed by atoms with van der Waals surface area (Å²) in [6.07, 6.45) is 8.32. The number of hydrogen-bond acceptors (Lipinski definition) is 5. The summed E-state index contributed by atoms with van der Waals surface area (Å²) in [5.41, 5.74) is 0. The number of fused-ring (bicyclic) bond motifs is 2. The fourth-order valence-electron chi connectivity index (χ4n) is 5.83. The van der Waals surface area contributed by atoms with Crippen LogP contribution in [0, 0.1) is 17.8 Å². The van der Waals surface area contributed by atoms with Crippen molar-refractivity contribution in [2.24, 2.45) is 17.8 Å². The molecule has 24 heavy (non-hydrogen) atoms. The smallest absolute Gasteiger partial charge is 0.147 e. The van der Waals surface area contributed by atoms with Gasteiger partial charge in [0.15, 0.2) is 0 Å². The van der Waals surface area contributed by atoms with Crippen LogP contribution in [-0.4, -0.2) is 68.0 Å². The van der Waals surface area contributed by atoms with Gasteiger partial charge in [0.1, 0.15) is 6.79 Å². The molecule has 2 heterocycles. The zero-order valence-corrected chi connectivity index (χ0v) is 15.1. The Morgan fingerprint density at radius 3 is 2.67 bits per heavy atom. The van der Waals surface area contributed by atoms with Gasteiger partial charge in [0, 0.05) is 13.2 Å². The number of aliphatic hydroxyl groups is 1. The Morgan fingerprint density at radius 1 is 1.08 bits per heavy atom. The summed E-state index contributed by atoms with van der Waals surface area (Å²) in [5.74, 6) is 2.20. The van der Waals surface area contributed by atoms with Crippen LogP contribution in [0.2, 0.25) is 0 Å². The standard InChI is InChI=1S/C19H33NO4/c1-20-6-5-13-9-18-19(24-11-23-18)10-14(13)15(20)7-12-3-4-16(21)17(8-12)22-2/h12-19,21H,3-11H2,1-2H3. The van der Waals surface area contributed by atoms with E-state index in [4.69, 9.17) is 14.2 Å². The molecule has 0 amide bonds. The number of methoxy groups -OCH3 is 1. The number of piperidine rings is 1. The van der Waals surface area contributed by atoms with Gasteiger partial charge in [-0.25, -0.2) is 0 Å². The monoisotopic (exact) mass is 339 g/mol. The zero-order chi connectivity index (χ0) is 16.7. The van der Waals surface area contributed by atoms with Crippen molar-refractivity contribution in [1.29, 1.82) is 0 Å². The first kappa shape index (κ1) is 17.2. The summed E-state index contributed by atoms with van der Waals surface area (Å²) in [6, 6.07) is 0.645. The summed E-state index contributed by atoms with van der Waals surface area (Å²) >= 11 is 0. The molecule has 2 saturated carbocycles. The van der Waals surface area contributed by atoms with Gasteiger partial charge in [0.05, 0.1) is 24.4 Å². The van der Waals surface area contributed by atoms with Crippen LogP contribution in [0.5, 0.6) is 0 Å². The minimum Gasteiger partial charge on any atom is -0.390 e. The van der Waals surface area contributed by atoms with Crippen LogP contribution in [0.3, 0.4) is 0 Å². The van der Waals surface area contributed by atoms with Gasteiger partial charge in [-0.15, -0.1) is 0 Å². The van der Waals surface area contributed by atoms with Crippen LogP contribution in [0.25, 0.3) is 0 Å². The molecule has 2 saturated heterocycles. The zero-order valence-electron chi connectivity index (χ0n) is 15.1. The normalized spacial score (nSPS) is 49.6. The molecular weight excluding hydrogens is 306 g/mol. The third kappa shape index (κ3) is 3.26. The number of nitrogens with zero attached hydrogens (tertiary/aromatic N) is 1. The van der Waals surface area contributed by atoms with E-state index in [1.54, 1.807) is 7.11 Å². The molecular formula is C19H33NO4. The van der Waals surface area contributed by atoms with E-state index in [9.17, 15) is 5.11 Å². The number of ether oxygens (including phenoxy) is 3. The average molecular weight is 339 g/mol. The highest BCUT2D eigenvalue weighted by Gasteiger charge is 2.47. The minimum absolute atomic E-state index is 0.0238. The minimum atomic E-state index is -0.275. The molecule has 0 aromatic rings. The lowest BCUT2D eigenvalue weighted by Crippen LogP contribution is -2.53. The second-order valence-electron chi connectivity index (χ2n) is 8.52. The van der Waals surface area contributed by atoms with Gasteiger partial charge in [-0.1, -0.05) is 0 Å². The van der Waals surface area contributed by atoms with Gasteiger partial charge in [-0.3, -0.25) is 0 Å². The van der Waals surface area contributed by atoms with Gasteiger partial charge in [0.2, 0.25) is 0 Å². The second kappa shape index (κ2) is 7.20. The molecule has 138 valence electrons. The highest BCUT2D eigenvalue weighted by atomic mass is 16.7. The largest absolute Gasteiger partial charge is 0.390 e. The Morgan fingerprint density at radius 2 is 1.88 bits per heavy atom. The molecule has 4 fully saturated rings. The van der Waals surface area contributed by atoms with Crippen molar-refractivity contribution < 1.29 is 19.3 Å². The maximum Gasteiger partial charge on any atom is 0.147 e. The summed E-state index contributed by atoms with van der Waals surface area (Å²) in [6.45, 7) is 1.69. The number of aliphatic hydroxyl groups excluding tert-OH is 1. The predicted molar refractivity (Wildman–Crippen MR) is 90.6 cm³/mol. The van der Waals surface area contributed by atoms with E-state index in [1.165, 1.54) is 25.8 Å². The van der Waals surface area contributed by atoms with Crippen LogP contribution in [0.1, 0.15) is 44.9 Å². The van der Waals surface area contributed by atoms with Gasteiger partial charge in [-0.2, -0.15) is 0 Å². The molecule has 0 aromatic carbocycles. The van der Waals surface area contributed by atoms with Crippen LogP contribution in [-0.2, 0) is 14.2 Å². The first-order chi connectivity index (χ1) is 11.7. The van der Waals surface area contributed by atoms with Crippen molar-refractivity contribution in [2.75, 3.05) is 27.5 Å². The molecule has 4 rings (SSSR count). The van der Waals surface area contributed by atoms with E-state index >= 15 is 0 Å². The van der Waals surface area contributed by atoms with E-state index in [2.05, 4.69) is 11.9 Å². The van der Waals surface area contributed by atoms with E-state index in [-0.39, 0.29) is 12.2 Å². The molecule has 2 aliphatic heterocycles. The van der Waals surface area contributed by atoms with Gasteiger partial charge < -0.3 is 24.2 Å². The molecule has 5 heteroatoms. The van der Waals surface area contributed by atoms with Crippen molar-refractivity contribution >= 4 is 0 Å². The molecule has 0 radical (unpaired) electrons. The third-order valence-corrected chi connectivity index (χ3v) is 7.28. The molecule has 0 spiro atoms. The summed E-state index contributed by atoms with van der Waals surface area (Å²) in [5, 5.41) is 10.1. The Balaban J connectivity index is 1.42. The topological polar surface area (TPSA) is 51.2 Å². The first-order valence-electron chi connectivity index (χ1n) is 9.80. The van der Waals surface area contributed by atoms with Gasteiger partial charge >= 0.3 is 0 Å². The molecule has 0 bridgehead atoms. The fraction of sp³-hybridized carbons (Fsp3) is 1.00. The number of likely N-dealkylation sites (tertiary alicyclic amines) is 1. The lowest BCUT2D eigenvalue weighted by Gasteiger charge is -2.50. The Bertz CT molecular complexity index is 434. The first-order valence-corrected chi connectivity index (χ1v) is 9.80. The molecule has 4 aliphatic rings. The van der Waals surface area contributed by atoms with E-state index in [0.29, 0.717) is 31.0 Å². The van der Waals surface area contributed by atoms with Crippen LogP contribution in [0.4, 0.5) is 0 Å². The fourth-order valence-corrected chi connectivity index (χ4v) is 5.83. The molecule has 5 nitrogen and oxygen atoms in total. The average Bonchev–Trinajstić information content (AvgIpc) is 3.04. The van der Waals surface area contributed by atoms with Gasteiger partial charge in [-0.05, 0) is 76.3 Å². The van der Waals surface area contributed by atoms with E-state index in [1.807, 2.05) is 0 Å². The maximum atomic E-state index is 10.1. The van der Waals surface area contributed by atoms with Crippen molar-refractivity contribution in [3.8, 4) is 0 Å².